The van der Waals surface area contributed by atoms with E-state index in [2.05, 4.69) is 5.73 Å². The Kier molecular flexibility index (Phi) is 2.28. The number of halogens is 3. The molecule has 0 aromatic rings. The van der Waals surface area contributed by atoms with Gasteiger partial charge in [-0.05, 0) is 0 Å². The van der Waals surface area contributed by atoms with Gasteiger partial charge in [-0.2, -0.15) is 13.2 Å². The van der Waals surface area contributed by atoms with Crippen LogP contribution >= 0.6 is 0 Å². The summed E-state index contributed by atoms with van der Waals surface area (Å²) in [6.07, 6.45) is -5.14. The molecule has 0 amide bonds. The molecule has 0 bridgehead atoms. The van der Waals surface area contributed by atoms with E-state index in [1.54, 1.807) is 0 Å². The van der Waals surface area contributed by atoms with Gasteiger partial charge in [0.15, 0.2) is 0 Å². The van der Waals surface area contributed by atoms with Gasteiger partial charge < -0.3 is 10.8 Å². The standard InChI is InChI=1S/C4H4F3NO2/c5-4(6,7)1-2(8)3(9)10/h1H,8H2,(H,9,10). The van der Waals surface area contributed by atoms with Gasteiger partial charge in [0.2, 0.25) is 0 Å². The summed E-state index contributed by atoms with van der Waals surface area (Å²) in [5.74, 6) is -1.78. The number of nitrogens with two attached hydrogens (primary N) is 1. The molecule has 0 aromatic carbocycles. The molecule has 0 atom stereocenters. The fourth-order valence-electron chi connectivity index (χ4n) is 0.238. The van der Waals surface area contributed by atoms with Crippen molar-refractivity contribution in [3.8, 4) is 0 Å². The monoisotopic (exact) mass is 155 g/mol. The average molecular weight is 155 g/mol. The molecule has 0 aliphatic rings. The van der Waals surface area contributed by atoms with Crippen LogP contribution in [0.15, 0.2) is 11.8 Å². The third-order valence-corrected chi connectivity index (χ3v) is 0.566. The molecule has 0 saturated heterocycles. The fraction of sp³-hybridized carbons (Fsp3) is 0.250. The molecule has 3 N–H and O–H groups in total. The summed E-state index contributed by atoms with van der Waals surface area (Å²) in [7, 11) is 0. The molecule has 0 radical (unpaired) electrons. The molecule has 0 aliphatic carbocycles. The zero-order chi connectivity index (χ0) is 8.36. The summed E-state index contributed by atoms with van der Waals surface area (Å²) in [5.41, 5.74) is 3.23. The molecule has 0 unspecified atom stereocenters. The van der Waals surface area contributed by atoms with Gasteiger partial charge in [0, 0.05) is 6.08 Å². The highest BCUT2D eigenvalue weighted by atomic mass is 19.4. The van der Waals surface area contributed by atoms with Gasteiger partial charge in [-0.3, -0.25) is 0 Å². The van der Waals surface area contributed by atoms with E-state index in [4.69, 9.17) is 5.11 Å². The van der Waals surface area contributed by atoms with Crippen LogP contribution in [0.4, 0.5) is 13.2 Å². The predicted molar refractivity (Wildman–Crippen MR) is 26.0 cm³/mol. The number of rotatable bonds is 1. The van der Waals surface area contributed by atoms with Crippen LogP contribution in [0, 0.1) is 0 Å². The highest BCUT2D eigenvalue weighted by Crippen LogP contribution is 2.16. The summed E-state index contributed by atoms with van der Waals surface area (Å²) in [6.45, 7) is 0. The Morgan fingerprint density at radius 3 is 2.00 bits per heavy atom. The van der Waals surface area contributed by atoms with Crippen LogP contribution in [0.5, 0.6) is 0 Å². The Morgan fingerprint density at radius 1 is 1.50 bits per heavy atom. The summed E-state index contributed by atoms with van der Waals surface area (Å²) >= 11 is 0. The molecule has 0 saturated carbocycles. The van der Waals surface area contributed by atoms with Gasteiger partial charge in [0.1, 0.15) is 5.70 Å². The quantitative estimate of drug-likeness (QED) is 0.541. The average Bonchev–Trinajstić information content (AvgIpc) is 1.60. The fourth-order valence-corrected chi connectivity index (χ4v) is 0.238. The molecule has 58 valence electrons. The van der Waals surface area contributed by atoms with Gasteiger partial charge in [-0.1, -0.05) is 0 Å². The zero-order valence-corrected chi connectivity index (χ0v) is 4.64. The summed E-state index contributed by atoms with van der Waals surface area (Å²) in [6, 6.07) is 0. The molecular weight excluding hydrogens is 151 g/mol. The highest BCUT2D eigenvalue weighted by molar-refractivity contribution is 5.85. The van der Waals surface area contributed by atoms with E-state index in [0.29, 0.717) is 0 Å². The highest BCUT2D eigenvalue weighted by Gasteiger charge is 2.25. The summed E-state index contributed by atoms with van der Waals surface area (Å²) in [5, 5.41) is 7.85. The Bertz CT molecular complexity index is 172. The maximum atomic E-state index is 11.2. The Morgan fingerprint density at radius 2 is 1.90 bits per heavy atom. The number of alkyl halides is 3. The maximum Gasteiger partial charge on any atom is 0.411 e. The van der Waals surface area contributed by atoms with Crippen LogP contribution in [-0.4, -0.2) is 17.3 Å². The molecule has 0 heterocycles. The normalized spacial score (nSPS) is 13.3. The lowest BCUT2D eigenvalue weighted by atomic mass is 10.4. The van der Waals surface area contributed by atoms with Gasteiger partial charge in [-0.15, -0.1) is 0 Å². The number of aliphatic carboxylic acids is 1. The van der Waals surface area contributed by atoms with E-state index < -0.39 is 23.9 Å². The topological polar surface area (TPSA) is 63.3 Å². The van der Waals surface area contributed by atoms with Crippen LogP contribution in [0.2, 0.25) is 0 Å². The van der Waals surface area contributed by atoms with Crippen molar-refractivity contribution in [2.24, 2.45) is 5.73 Å². The molecule has 0 rings (SSSR count). The number of allylic oxidation sites excluding steroid dienone is 1. The van der Waals surface area contributed by atoms with Gasteiger partial charge in [0.25, 0.3) is 0 Å². The Hall–Kier alpha value is -1.20. The largest absolute Gasteiger partial charge is 0.477 e. The van der Waals surface area contributed by atoms with Crippen molar-refractivity contribution in [2.45, 2.75) is 6.18 Å². The molecular formula is C4H4F3NO2. The first-order chi connectivity index (χ1) is 4.33. The van der Waals surface area contributed by atoms with Gasteiger partial charge >= 0.3 is 12.1 Å². The third-order valence-electron chi connectivity index (χ3n) is 0.566. The molecule has 6 heteroatoms. The summed E-state index contributed by atoms with van der Waals surface area (Å²) < 4.78 is 33.7. The number of hydrogen-bond donors (Lipinski definition) is 2. The lowest BCUT2D eigenvalue weighted by molar-refractivity contribution is -0.133. The van der Waals surface area contributed by atoms with E-state index >= 15 is 0 Å². The van der Waals surface area contributed by atoms with Crippen LogP contribution in [0.25, 0.3) is 0 Å². The lowest BCUT2D eigenvalue weighted by Gasteiger charge is -1.98. The second-order valence-electron chi connectivity index (χ2n) is 1.45. The first kappa shape index (κ1) is 8.80. The van der Waals surface area contributed by atoms with Gasteiger partial charge in [-0.25, -0.2) is 4.79 Å². The van der Waals surface area contributed by atoms with Crippen molar-refractivity contribution in [2.75, 3.05) is 0 Å². The number of carbonyl (C=O) groups is 1. The SMILES string of the molecule is NC(=CC(F)(F)F)C(=O)O. The molecule has 0 fully saturated rings. The minimum absolute atomic E-state index is 0.477. The van der Waals surface area contributed by atoms with Gasteiger partial charge in [0.05, 0.1) is 0 Å². The number of carboxylic acids is 1. The molecule has 10 heavy (non-hydrogen) atoms. The van der Waals surface area contributed by atoms with Crippen molar-refractivity contribution >= 4 is 5.97 Å². The molecule has 0 spiro atoms. The van der Waals surface area contributed by atoms with E-state index in [0.717, 1.165) is 0 Å². The predicted octanol–water partition coefficient (Wildman–Crippen LogP) is 0.476. The van der Waals surface area contributed by atoms with Crippen LogP contribution in [0.1, 0.15) is 0 Å². The molecule has 3 nitrogen and oxygen atoms in total. The molecule has 0 aromatic heterocycles. The number of hydrogen-bond acceptors (Lipinski definition) is 2. The van der Waals surface area contributed by atoms with Crippen molar-refractivity contribution in [1.82, 2.24) is 0 Å². The Balaban J connectivity index is 4.32. The van der Waals surface area contributed by atoms with Crippen LogP contribution < -0.4 is 5.73 Å². The maximum absolute atomic E-state index is 11.2. The van der Waals surface area contributed by atoms with Crippen molar-refractivity contribution in [1.29, 1.82) is 0 Å². The van der Waals surface area contributed by atoms with E-state index in [9.17, 15) is 18.0 Å². The van der Waals surface area contributed by atoms with Crippen LogP contribution in [-0.2, 0) is 4.79 Å². The minimum atomic E-state index is -4.66. The lowest BCUT2D eigenvalue weighted by Crippen LogP contribution is -2.15. The van der Waals surface area contributed by atoms with Crippen molar-refractivity contribution in [3.63, 3.8) is 0 Å². The first-order valence-corrected chi connectivity index (χ1v) is 2.11. The van der Waals surface area contributed by atoms with Crippen molar-refractivity contribution in [3.05, 3.63) is 11.8 Å². The van der Waals surface area contributed by atoms with E-state index in [1.807, 2.05) is 0 Å². The second-order valence-corrected chi connectivity index (χ2v) is 1.45. The first-order valence-electron chi connectivity index (χ1n) is 2.11. The Labute approximate surface area is 53.9 Å². The van der Waals surface area contributed by atoms with E-state index in [-0.39, 0.29) is 0 Å². The second kappa shape index (κ2) is 2.59. The van der Waals surface area contributed by atoms with Crippen LogP contribution in [0.3, 0.4) is 0 Å². The smallest absolute Gasteiger partial charge is 0.411 e. The minimum Gasteiger partial charge on any atom is -0.477 e. The van der Waals surface area contributed by atoms with Crippen molar-refractivity contribution < 1.29 is 23.1 Å². The number of carboxylic acid groups (broad SMARTS) is 1. The third kappa shape index (κ3) is 3.76. The van der Waals surface area contributed by atoms with E-state index in [1.165, 1.54) is 0 Å². The molecule has 0 aliphatic heterocycles. The zero-order valence-electron chi connectivity index (χ0n) is 4.64. The summed E-state index contributed by atoms with van der Waals surface area (Å²) in [4.78, 5) is 9.68.